The quantitative estimate of drug-likeness (QED) is 0.111. The van der Waals surface area contributed by atoms with E-state index >= 15 is 4.79 Å². The van der Waals surface area contributed by atoms with Gasteiger partial charge in [0, 0.05) is 55.5 Å². The van der Waals surface area contributed by atoms with Crippen LogP contribution in [-0.4, -0.2) is 86.7 Å². The lowest BCUT2D eigenvalue weighted by Gasteiger charge is -2.37. The molecule has 4 aromatic rings. The van der Waals surface area contributed by atoms with E-state index in [-0.39, 0.29) is 61.6 Å². The molecule has 3 heterocycles. The molecule has 298 valence electrons. The molecule has 3 aliphatic heterocycles. The van der Waals surface area contributed by atoms with Gasteiger partial charge in [-0.05, 0) is 47.0 Å². The minimum atomic E-state index is -2.65. The minimum Gasteiger partial charge on any atom is -0.497 e. The second-order valence-electron chi connectivity index (χ2n) is 15.6. The highest BCUT2D eigenvalue weighted by Crippen LogP contribution is 2.60. The lowest BCUT2D eigenvalue weighted by Crippen LogP contribution is -2.52. The number of fused-ring (bicyclic) bond motifs is 2. The number of nitrogens with zero attached hydrogens (tertiary/aromatic N) is 4. The van der Waals surface area contributed by atoms with Crippen molar-refractivity contribution in [2.75, 3.05) is 49.7 Å². The smallest absolute Gasteiger partial charge is 0.269 e. The molecule has 57 heavy (non-hydrogen) atoms. The van der Waals surface area contributed by atoms with Crippen LogP contribution in [0.2, 0.25) is 18.6 Å². The molecule has 0 saturated carbocycles. The molecule has 4 aromatic carbocycles. The number of piperazine rings is 1. The fourth-order valence-electron chi connectivity index (χ4n) is 9.13. The van der Waals surface area contributed by atoms with Crippen LogP contribution in [0.5, 0.6) is 5.75 Å². The summed E-state index contributed by atoms with van der Waals surface area (Å²) in [6.07, 6.45) is -0.792. The van der Waals surface area contributed by atoms with Crippen LogP contribution in [0.1, 0.15) is 30.0 Å². The summed E-state index contributed by atoms with van der Waals surface area (Å²) < 4.78 is 12.6. The van der Waals surface area contributed by atoms with Crippen molar-refractivity contribution in [3.63, 3.8) is 0 Å². The lowest BCUT2D eigenvalue weighted by atomic mass is 9.82. The topological polar surface area (TPSA) is 155 Å². The third-order valence-electron chi connectivity index (χ3n) is 12.0. The number of ether oxygens (including phenoxy) is 2. The first kappa shape index (κ1) is 39.8. The summed E-state index contributed by atoms with van der Waals surface area (Å²) in [7, 11) is -1.04. The van der Waals surface area contributed by atoms with Crippen LogP contribution in [0.4, 0.5) is 17.1 Å². The van der Waals surface area contributed by atoms with E-state index in [9.17, 15) is 24.8 Å². The van der Waals surface area contributed by atoms with Crippen molar-refractivity contribution in [3.05, 3.63) is 124 Å². The van der Waals surface area contributed by atoms with Crippen LogP contribution in [0.25, 0.3) is 0 Å². The Labute approximate surface area is 333 Å². The molecule has 0 aromatic heterocycles. The first-order valence-electron chi connectivity index (χ1n) is 19.3. The Morgan fingerprint density at radius 2 is 1.75 bits per heavy atom. The van der Waals surface area contributed by atoms with Crippen molar-refractivity contribution in [1.82, 2.24) is 10.2 Å². The molecule has 1 spiro atoms. The van der Waals surface area contributed by atoms with E-state index in [1.165, 1.54) is 12.1 Å². The molecule has 0 radical (unpaired) electrons. The first-order chi connectivity index (χ1) is 27.4. The van der Waals surface area contributed by atoms with Gasteiger partial charge in [0.2, 0.25) is 11.8 Å². The number of aliphatic hydroxyl groups is 1. The van der Waals surface area contributed by atoms with E-state index < -0.39 is 30.6 Å². The van der Waals surface area contributed by atoms with Gasteiger partial charge in [0.25, 0.3) is 11.6 Å². The molecule has 0 aliphatic carbocycles. The maximum atomic E-state index is 15.3. The molecule has 7 rings (SSSR count). The summed E-state index contributed by atoms with van der Waals surface area (Å²) >= 11 is 0. The molecule has 2 N–H and O–H groups in total. The number of nitro groups is 1. The fourth-order valence-corrected chi connectivity index (χ4v) is 13.1. The van der Waals surface area contributed by atoms with E-state index in [1.54, 1.807) is 27.9 Å². The molecule has 4 atom stereocenters. The number of benzene rings is 4. The van der Waals surface area contributed by atoms with Gasteiger partial charge >= 0.3 is 0 Å². The molecule has 0 unspecified atom stereocenters. The number of hydrogen-bond donors (Lipinski definition) is 2. The summed E-state index contributed by atoms with van der Waals surface area (Å²) in [4.78, 5) is 59.0. The highest BCUT2D eigenvalue weighted by atomic mass is 28.3. The van der Waals surface area contributed by atoms with Crippen LogP contribution in [0.15, 0.2) is 97.1 Å². The zero-order chi connectivity index (χ0) is 40.5. The predicted molar refractivity (Wildman–Crippen MR) is 219 cm³/mol. The Bertz CT molecular complexity index is 2130. The van der Waals surface area contributed by atoms with Crippen LogP contribution in [0.3, 0.4) is 0 Å². The number of nitrogens with one attached hydrogen (secondary N) is 1. The van der Waals surface area contributed by atoms with Gasteiger partial charge in [-0.1, -0.05) is 79.8 Å². The van der Waals surface area contributed by atoms with Gasteiger partial charge in [0.15, 0.2) is 5.60 Å². The van der Waals surface area contributed by atoms with Gasteiger partial charge < -0.3 is 34.6 Å². The van der Waals surface area contributed by atoms with Crippen molar-refractivity contribution in [2.24, 2.45) is 5.92 Å². The van der Waals surface area contributed by atoms with E-state index in [2.05, 4.69) is 18.4 Å². The molecule has 3 aliphatic rings. The molecule has 14 heteroatoms. The standard InChI is InChI=1S/C43H49N5O8Si/c1-29-41(57(3,4)35-17-15-34(55-2)16-18-35)38(25-39(50)45(22-23-49)27-30-8-6-5-7-9-30)56-43(29)36-24-33(48(53)54)14-19-37(36)47(42(43)52)28-31-10-12-32(13-11-31)46-21-20-44-26-40(46)51/h5-19,24,29,38,41,44,49H,20-23,25-28H2,1-4H3/t29-,38+,41-,43+/m1/s1. The van der Waals surface area contributed by atoms with Gasteiger partial charge in [-0.2, -0.15) is 0 Å². The summed E-state index contributed by atoms with van der Waals surface area (Å²) in [6, 6.07) is 29.4. The number of nitro benzene ring substituents is 1. The Morgan fingerprint density at radius 3 is 2.40 bits per heavy atom. The number of aliphatic hydroxyl groups excluding tert-OH is 1. The third-order valence-corrected chi connectivity index (χ3v) is 16.4. The maximum Gasteiger partial charge on any atom is 0.269 e. The van der Waals surface area contributed by atoms with Crippen LogP contribution >= 0.6 is 0 Å². The van der Waals surface area contributed by atoms with Gasteiger partial charge in [0.1, 0.15) is 5.75 Å². The number of non-ortho nitro benzene ring substituents is 1. The predicted octanol–water partition coefficient (Wildman–Crippen LogP) is 4.71. The molecule has 13 nitrogen and oxygen atoms in total. The van der Waals surface area contributed by atoms with E-state index in [4.69, 9.17) is 9.47 Å². The van der Waals surface area contributed by atoms with Crippen LogP contribution in [0, 0.1) is 16.0 Å². The summed E-state index contributed by atoms with van der Waals surface area (Å²) in [5.41, 5.74) is 1.32. The van der Waals surface area contributed by atoms with Crippen molar-refractivity contribution in [2.45, 2.75) is 56.8 Å². The van der Waals surface area contributed by atoms with Crippen LogP contribution in [-0.2, 0) is 37.8 Å². The van der Waals surface area contributed by atoms with Crippen LogP contribution < -0.4 is 25.0 Å². The van der Waals surface area contributed by atoms with E-state index in [1.807, 2.05) is 85.8 Å². The number of hydrogen-bond acceptors (Lipinski definition) is 9. The number of methoxy groups -OCH3 is 1. The Morgan fingerprint density at radius 1 is 1.04 bits per heavy atom. The van der Waals surface area contributed by atoms with Gasteiger partial charge in [-0.15, -0.1) is 0 Å². The fraction of sp³-hybridized carbons (Fsp3) is 0.372. The average molecular weight is 792 g/mol. The zero-order valence-electron chi connectivity index (χ0n) is 32.7. The summed E-state index contributed by atoms with van der Waals surface area (Å²) in [6.45, 7) is 8.26. The monoisotopic (exact) mass is 791 g/mol. The number of carbonyl (C=O) groups is 3. The first-order valence-corrected chi connectivity index (χ1v) is 22.4. The Balaban J connectivity index is 1.28. The van der Waals surface area contributed by atoms with E-state index in [0.717, 1.165) is 22.0 Å². The van der Waals surface area contributed by atoms with Crippen molar-refractivity contribution in [3.8, 4) is 5.75 Å². The molecule has 0 bridgehead atoms. The van der Waals surface area contributed by atoms with Crippen molar-refractivity contribution >= 4 is 48.0 Å². The lowest BCUT2D eigenvalue weighted by molar-refractivity contribution is -0.385. The summed E-state index contributed by atoms with van der Waals surface area (Å²) in [5, 5.41) is 26.4. The number of amides is 3. The highest BCUT2D eigenvalue weighted by Gasteiger charge is 2.66. The molecule has 2 fully saturated rings. The van der Waals surface area contributed by atoms with Crippen molar-refractivity contribution in [1.29, 1.82) is 0 Å². The number of carbonyl (C=O) groups excluding carboxylic acids is 3. The number of anilines is 2. The second kappa shape index (κ2) is 16.2. The molecule has 3 amide bonds. The maximum absolute atomic E-state index is 15.3. The van der Waals surface area contributed by atoms with Gasteiger partial charge in [-0.25, -0.2) is 0 Å². The zero-order valence-corrected chi connectivity index (χ0v) is 33.7. The minimum absolute atomic E-state index is 0.0168. The van der Waals surface area contributed by atoms with Gasteiger partial charge in [0.05, 0.1) is 58.0 Å². The summed E-state index contributed by atoms with van der Waals surface area (Å²) in [5.74, 6) is -0.381. The third kappa shape index (κ3) is 7.45. The largest absolute Gasteiger partial charge is 0.497 e. The molecule has 2 saturated heterocycles. The second-order valence-corrected chi connectivity index (χ2v) is 20.3. The molecular formula is C43H49N5O8Si. The molecular weight excluding hydrogens is 743 g/mol. The Hall–Kier alpha value is -5.41. The van der Waals surface area contributed by atoms with E-state index in [0.29, 0.717) is 36.6 Å². The SMILES string of the molecule is COc1ccc([Si](C)(C)[C@H]2[C@H](CC(=O)N(CCO)Cc3ccccc3)O[C@@]3(C(=O)N(Cc4ccc(N5CCNCC5=O)cc4)c4ccc([N+](=O)[O-])cc43)[C@@H]2C)cc1. The number of rotatable bonds is 13. The van der Waals surface area contributed by atoms with Gasteiger partial charge in [-0.3, -0.25) is 24.5 Å². The highest BCUT2D eigenvalue weighted by molar-refractivity contribution is 6.91. The average Bonchev–Trinajstić information content (AvgIpc) is 3.64. The normalized spacial score (nSPS) is 21.9. The Kier molecular flexibility index (Phi) is 11.3. The van der Waals surface area contributed by atoms with Crippen molar-refractivity contribution < 1.29 is 33.9 Å².